The van der Waals surface area contributed by atoms with E-state index < -0.39 is 17.8 Å². The number of hydrogen-bond acceptors (Lipinski definition) is 3. The summed E-state index contributed by atoms with van der Waals surface area (Å²) in [7, 11) is 0. The highest BCUT2D eigenvalue weighted by Crippen LogP contribution is 2.30. The van der Waals surface area contributed by atoms with Crippen LogP contribution in [0.4, 0.5) is 23.7 Å². The van der Waals surface area contributed by atoms with Crippen molar-refractivity contribution in [1.29, 1.82) is 0 Å². The number of urea groups is 1. The summed E-state index contributed by atoms with van der Waals surface area (Å²) in [4.78, 5) is 18.9. The molecule has 0 radical (unpaired) electrons. The molecule has 4 rings (SSSR count). The predicted molar refractivity (Wildman–Crippen MR) is 116 cm³/mol. The third-order valence-electron chi connectivity index (χ3n) is 5.01. The minimum Gasteiger partial charge on any atom is -0.467 e. The number of carbonyl (C=O) groups is 1. The second kappa shape index (κ2) is 9.64. The Balaban J connectivity index is 1.51. The van der Waals surface area contributed by atoms with Crippen LogP contribution in [0.25, 0.3) is 0 Å². The summed E-state index contributed by atoms with van der Waals surface area (Å²) in [6.45, 7) is 0.927. The van der Waals surface area contributed by atoms with Crippen LogP contribution >= 0.6 is 0 Å². The number of halogens is 3. The first-order valence-corrected chi connectivity index (χ1v) is 10.2. The van der Waals surface area contributed by atoms with Gasteiger partial charge in [0.1, 0.15) is 11.6 Å². The first kappa shape index (κ1) is 22.2. The second-order valence-electron chi connectivity index (χ2n) is 7.40. The summed E-state index contributed by atoms with van der Waals surface area (Å²) >= 11 is 0. The van der Waals surface area contributed by atoms with Crippen molar-refractivity contribution in [2.75, 3.05) is 5.32 Å². The minimum atomic E-state index is -4.44. The molecule has 33 heavy (non-hydrogen) atoms. The molecule has 0 unspecified atom stereocenters. The van der Waals surface area contributed by atoms with Gasteiger partial charge in [0.2, 0.25) is 0 Å². The van der Waals surface area contributed by atoms with Crippen molar-refractivity contribution >= 4 is 11.7 Å². The van der Waals surface area contributed by atoms with E-state index >= 15 is 0 Å². The number of hydrogen-bond donors (Lipinski definition) is 1. The molecule has 2 heterocycles. The Morgan fingerprint density at radius 2 is 1.76 bits per heavy atom. The third kappa shape index (κ3) is 5.82. The van der Waals surface area contributed by atoms with Gasteiger partial charge in [-0.25, -0.2) is 9.78 Å². The molecule has 0 atom stereocenters. The molecule has 0 aliphatic carbocycles. The van der Waals surface area contributed by atoms with E-state index in [2.05, 4.69) is 10.3 Å². The van der Waals surface area contributed by atoms with Gasteiger partial charge < -0.3 is 19.2 Å². The molecule has 2 aromatic carbocycles. The Morgan fingerprint density at radius 1 is 1.00 bits per heavy atom. The van der Waals surface area contributed by atoms with E-state index in [0.717, 1.165) is 17.7 Å². The third-order valence-corrected chi connectivity index (χ3v) is 5.01. The van der Waals surface area contributed by atoms with Gasteiger partial charge in [-0.15, -0.1) is 0 Å². The van der Waals surface area contributed by atoms with Gasteiger partial charge in [0.15, 0.2) is 0 Å². The maximum atomic E-state index is 13.0. The predicted octanol–water partition coefficient (Wildman–Crippen LogP) is 5.78. The molecule has 0 aliphatic rings. The lowest BCUT2D eigenvalue weighted by molar-refractivity contribution is -0.137. The molecule has 2 amide bonds. The summed E-state index contributed by atoms with van der Waals surface area (Å²) in [6, 6.07) is 17.1. The zero-order chi connectivity index (χ0) is 23.3. The number of carbonyl (C=O) groups excluding carboxylic acids is 1. The minimum absolute atomic E-state index is 0.164. The van der Waals surface area contributed by atoms with E-state index in [1.807, 2.05) is 41.1 Å². The highest BCUT2D eigenvalue weighted by molar-refractivity contribution is 5.89. The maximum Gasteiger partial charge on any atom is 0.416 e. The molecule has 0 saturated carbocycles. The largest absolute Gasteiger partial charge is 0.467 e. The SMILES string of the molecule is O=C(Nc1ccc(C(F)(F)F)cc1)N(Cc1ccco1)Cc1nccn1Cc1ccccc1. The Morgan fingerprint density at radius 3 is 2.42 bits per heavy atom. The molecular weight excluding hydrogens is 433 g/mol. The number of anilines is 1. The topological polar surface area (TPSA) is 63.3 Å². The fourth-order valence-corrected chi connectivity index (χ4v) is 3.32. The summed E-state index contributed by atoms with van der Waals surface area (Å²) < 4.78 is 45.8. The van der Waals surface area contributed by atoms with Crippen LogP contribution in [0.15, 0.2) is 89.8 Å². The van der Waals surface area contributed by atoms with Crippen molar-refractivity contribution in [2.24, 2.45) is 0 Å². The number of alkyl halides is 3. The zero-order valence-corrected chi connectivity index (χ0v) is 17.5. The number of nitrogens with one attached hydrogen (secondary N) is 1. The molecule has 0 spiro atoms. The first-order valence-electron chi connectivity index (χ1n) is 10.2. The van der Waals surface area contributed by atoms with Crippen LogP contribution in [0.5, 0.6) is 0 Å². The quantitative estimate of drug-likeness (QED) is 0.385. The molecule has 4 aromatic rings. The van der Waals surface area contributed by atoms with Gasteiger partial charge in [-0.3, -0.25) is 0 Å². The van der Waals surface area contributed by atoms with Gasteiger partial charge in [-0.2, -0.15) is 13.2 Å². The van der Waals surface area contributed by atoms with Crippen molar-refractivity contribution in [1.82, 2.24) is 14.5 Å². The van der Waals surface area contributed by atoms with Crippen molar-refractivity contribution in [3.05, 3.63) is 108 Å². The fraction of sp³-hybridized carbons (Fsp3) is 0.167. The normalized spacial score (nSPS) is 11.4. The molecule has 2 aromatic heterocycles. The number of nitrogens with zero attached hydrogens (tertiary/aromatic N) is 3. The molecule has 9 heteroatoms. The standard InChI is InChI=1S/C24H21F3N4O2/c25-24(26,27)19-8-10-20(11-9-19)29-23(32)31(16-21-7-4-14-33-21)17-22-28-12-13-30(22)15-18-5-2-1-3-6-18/h1-14H,15-17H2,(H,29,32). The summed E-state index contributed by atoms with van der Waals surface area (Å²) in [5.41, 5.74) is 0.560. The number of rotatable bonds is 7. The van der Waals surface area contributed by atoms with Gasteiger partial charge in [0.25, 0.3) is 0 Å². The maximum absolute atomic E-state index is 13.0. The van der Waals surface area contributed by atoms with Crippen LogP contribution in [0, 0.1) is 0 Å². The van der Waals surface area contributed by atoms with Gasteiger partial charge in [-0.05, 0) is 42.0 Å². The Labute approximate surface area is 188 Å². The number of aromatic nitrogens is 2. The number of benzene rings is 2. The highest BCUT2D eigenvalue weighted by Gasteiger charge is 2.30. The zero-order valence-electron chi connectivity index (χ0n) is 17.5. The van der Waals surface area contributed by atoms with Crippen LogP contribution in [-0.2, 0) is 25.8 Å². The fourth-order valence-electron chi connectivity index (χ4n) is 3.32. The van der Waals surface area contributed by atoms with Crippen molar-refractivity contribution in [2.45, 2.75) is 25.8 Å². The van der Waals surface area contributed by atoms with E-state index in [4.69, 9.17) is 4.42 Å². The summed E-state index contributed by atoms with van der Waals surface area (Å²) in [5.74, 6) is 1.23. The molecule has 0 fully saturated rings. The lowest BCUT2D eigenvalue weighted by atomic mass is 10.2. The smallest absolute Gasteiger partial charge is 0.416 e. The van der Waals surface area contributed by atoms with Crippen LogP contribution < -0.4 is 5.32 Å². The molecule has 0 aliphatic heterocycles. The average molecular weight is 454 g/mol. The lowest BCUT2D eigenvalue weighted by Crippen LogP contribution is -2.35. The first-order chi connectivity index (χ1) is 15.9. The summed E-state index contributed by atoms with van der Waals surface area (Å²) in [5, 5.41) is 2.66. The highest BCUT2D eigenvalue weighted by atomic mass is 19.4. The van der Waals surface area contributed by atoms with Crippen LogP contribution in [0.3, 0.4) is 0 Å². The van der Waals surface area contributed by atoms with E-state index in [1.54, 1.807) is 18.3 Å². The van der Waals surface area contributed by atoms with Crippen molar-refractivity contribution in [3.63, 3.8) is 0 Å². The monoisotopic (exact) mass is 454 g/mol. The van der Waals surface area contributed by atoms with E-state index in [1.165, 1.54) is 23.3 Å². The number of furan rings is 1. The molecule has 6 nitrogen and oxygen atoms in total. The molecule has 1 N–H and O–H groups in total. The lowest BCUT2D eigenvalue weighted by Gasteiger charge is -2.22. The Kier molecular flexibility index (Phi) is 6.48. The van der Waals surface area contributed by atoms with Gasteiger partial charge in [-0.1, -0.05) is 30.3 Å². The second-order valence-corrected chi connectivity index (χ2v) is 7.40. The molecule has 0 bridgehead atoms. The Hall–Kier alpha value is -4.01. The van der Waals surface area contributed by atoms with Crippen molar-refractivity contribution in [3.8, 4) is 0 Å². The van der Waals surface area contributed by atoms with Crippen molar-refractivity contribution < 1.29 is 22.4 Å². The van der Waals surface area contributed by atoms with Crippen LogP contribution in [0.2, 0.25) is 0 Å². The molecular formula is C24H21F3N4O2. The Bertz CT molecular complexity index is 1170. The van der Waals surface area contributed by atoms with Gasteiger partial charge in [0, 0.05) is 24.6 Å². The summed E-state index contributed by atoms with van der Waals surface area (Å²) in [6.07, 6.45) is 0.569. The van der Waals surface area contributed by atoms with Gasteiger partial charge in [0.05, 0.1) is 24.9 Å². The van der Waals surface area contributed by atoms with E-state index in [9.17, 15) is 18.0 Å². The molecule has 0 saturated heterocycles. The molecule has 170 valence electrons. The van der Waals surface area contributed by atoms with Crippen LogP contribution in [0.1, 0.15) is 22.7 Å². The number of amides is 2. The van der Waals surface area contributed by atoms with Crippen LogP contribution in [-0.4, -0.2) is 20.5 Å². The van der Waals surface area contributed by atoms with E-state index in [-0.39, 0.29) is 18.8 Å². The number of imidazole rings is 1. The van der Waals surface area contributed by atoms with E-state index in [0.29, 0.717) is 18.1 Å². The average Bonchev–Trinajstić information content (AvgIpc) is 3.46. The van der Waals surface area contributed by atoms with Gasteiger partial charge >= 0.3 is 12.2 Å².